The topological polar surface area (TPSA) is 241 Å². The molecule has 12 nitrogen and oxygen atoms in total. The van der Waals surface area contributed by atoms with E-state index in [-0.39, 0.29) is 19.4 Å². The van der Waals surface area contributed by atoms with Crippen LogP contribution in [0.1, 0.15) is 25.7 Å². The minimum atomic E-state index is -1.31. The maximum atomic E-state index is 10.1. The highest BCUT2D eigenvalue weighted by Gasteiger charge is 2.47. The van der Waals surface area contributed by atoms with E-state index in [9.17, 15) is 25.2 Å². The molecule has 1 aliphatic carbocycles. The molecule has 1 saturated carbocycles. The van der Waals surface area contributed by atoms with Crippen LogP contribution in [0.2, 0.25) is 0 Å². The second kappa shape index (κ2) is 12.5. The summed E-state index contributed by atoms with van der Waals surface area (Å²) >= 11 is 0. The van der Waals surface area contributed by atoms with Gasteiger partial charge in [0.15, 0.2) is 6.29 Å². The van der Waals surface area contributed by atoms with Crippen molar-refractivity contribution in [1.82, 2.24) is 0 Å². The number of aliphatic hydroxyl groups is 4. The fourth-order valence-electron chi connectivity index (χ4n) is 3.24. The first-order valence-electron chi connectivity index (χ1n) is 9.70. The highest BCUT2D eigenvalue weighted by molar-refractivity contribution is 5.66. The van der Waals surface area contributed by atoms with E-state index in [1.54, 1.807) is 0 Å². The maximum Gasteiger partial charge on any atom is 0.303 e. The van der Waals surface area contributed by atoms with Gasteiger partial charge in [0.2, 0.25) is 0 Å². The first-order chi connectivity index (χ1) is 14.0. The van der Waals surface area contributed by atoms with Crippen LogP contribution in [0.25, 0.3) is 0 Å². The van der Waals surface area contributed by atoms with Crippen LogP contribution >= 0.6 is 0 Å². The zero-order valence-electron chi connectivity index (χ0n) is 16.7. The average molecular weight is 434 g/mol. The Morgan fingerprint density at radius 2 is 1.70 bits per heavy atom. The van der Waals surface area contributed by atoms with Crippen molar-refractivity contribution in [3.8, 4) is 12.3 Å². The number of aliphatic carboxylic acids is 1. The van der Waals surface area contributed by atoms with Crippen LogP contribution in [-0.2, 0) is 14.3 Å². The Hall–Kier alpha value is -1.37. The molecule has 0 aromatic heterocycles. The van der Waals surface area contributed by atoms with Crippen LogP contribution in [0.4, 0.5) is 0 Å². The number of hydrogen-bond acceptors (Lipinski definition) is 11. The highest BCUT2D eigenvalue weighted by Crippen LogP contribution is 2.26. The molecule has 0 unspecified atom stereocenters. The van der Waals surface area contributed by atoms with Crippen molar-refractivity contribution in [3.05, 3.63) is 0 Å². The van der Waals surface area contributed by atoms with Gasteiger partial charge >= 0.3 is 5.97 Å². The van der Waals surface area contributed by atoms with Crippen molar-refractivity contribution in [2.75, 3.05) is 6.54 Å². The lowest BCUT2D eigenvalue weighted by molar-refractivity contribution is -0.287. The summed E-state index contributed by atoms with van der Waals surface area (Å²) in [5.41, 5.74) is 22.8. The number of terminal acetylenes is 1. The van der Waals surface area contributed by atoms with Gasteiger partial charge in [0.25, 0.3) is 0 Å². The summed E-state index contributed by atoms with van der Waals surface area (Å²) in [5, 5.41) is 47.7. The number of nitrogens with two attached hydrogens (primary N) is 4. The number of ether oxygens (including phenoxy) is 2. The monoisotopic (exact) mass is 434 g/mol. The lowest BCUT2D eigenvalue weighted by atomic mass is 9.84. The summed E-state index contributed by atoms with van der Waals surface area (Å²) in [4.78, 5) is 9.81. The van der Waals surface area contributed by atoms with E-state index in [0.29, 0.717) is 12.8 Å². The number of carboxylic acid groups (broad SMARTS) is 1. The normalized spacial score (nSPS) is 41.3. The molecule has 10 atom stereocenters. The van der Waals surface area contributed by atoms with Gasteiger partial charge in [0, 0.05) is 31.5 Å². The molecule has 30 heavy (non-hydrogen) atoms. The van der Waals surface area contributed by atoms with E-state index in [4.69, 9.17) is 43.9 Å². The van der Waals surface area contributed by atoms with E-state index in [0.717, 1.165) is 0 Å². The minimum Gasteiger partial charge on any atom is -0.481 e. The van der Waals surface area contributed by atoms with E-state index < -0.39 is 67.0 Å². The Bertz CT molecular complexity index is 575. The lowest BCUT2D eigenvalue weighted by Gasteiger charge is -2.45. The van der Waals surface area contributed by atoms with Gasteiger partial charge in [-0.3, -0.25) is 4.79 Å². The molecule has 0 spiro atoms. The number of carboxylic acids is 1. The Morgan fingerprint density at radius 3 is 2.23 bits per heavy atom. The SMILES string of the molecule is C#CCCCC(=O)O.NC[C@H]1O[C@H](O[C@H]2[C@H](O)[C@@H](O)[C@H](N)C[C@@H]2N)[C@H](N)[C@@H](O)[C@@H]1O. The molecule has 13 N–H and O–H groups in total. The molecule has 12 heteroatoms. The molecule has 2 aliphatic rings. The Morgan fingerprint density at radius 1 is 1.07 bits per heavy atom. The van der Waals surface area contributed by atoms with Gasteiger partial charge in [0.1, 0.15) is 30.5 Å². The van der Waals surface area contributed by atoms with Crippen LogP contribution in [0.15, 0.2) is 0 Å². The number of aliphatic hydroxyl groups excluding tert-OH is 4. The zero-order valence-corrected chi connectivity index (χ0v) is 16.7. The predicted molar refractivity (Wildman–Crippen MR) is 105 cm³/mol. The van der Waals surface area contributed by atoms with Crippen molar-refractivity contribution in [1.29, 1.82) is 0 Å². The first kappa shape index (κ1) is 26.7. The van der Waals surface area contributed by atoms with Gasteiger partial charge < -0.3 is 57.9 Å². The van der Waals surface area contributed by atoms with Crippen molar-refractivity contribution in [3.63, 3.8) is 0 Å². The first-order valence-corrected chi connectivity index (χ1v) is 9.70. The standard InChI is InChI=1S/C12H26N4O6.C6H8O2/c13-2-5-8(18)9(19)6(16)12(21-5)22-11-4(15)1-3(14)7(17)10(11)20;1-2-3-4-5-6(7)8/h3-12,17-20H,1-2,13-16H2;1H,3-5H2,(H,7,8)/t3-,4+,5-,6-,7+,8-,9-,10-,11-,12-;/m1./s1. The van der Waals surface area contributed by atoms with Gasteiger partial charge in [-0.1, -0.05) is 0 Å². The summed E-state index contributed by atoms with van der Waals surface area (Å²) in [6, 6.07) is -2.34. The Labute approximate surface area is 175 Å². The van der Waals surface area contributed by atoms with Crippen molar-refractivity contribution in [2.24, 2.45) is 22.9 Å². The Kier molecular flexibility index (Phi) is 11.1. The van der Waals surface area contributed by atoms with Gasteiger partial charge in [-0.05, 0) is 12.8 Å². The fourth-order valence-corrected chi connectivity index (χ4v) is 3.24. The van der Waals surface area contributed by atoms with Crippen molar-refractivity contribution in [2.45, 2.75) is 86.7 Å². The van der Waals surface area contributed by atoms with Crippen LogP contribution in [0.3, 0.4) is 0 Å². The third kappa shape index (κ3) is 7.10. The zero-order chi connectivity index (χ0) is 23.0. The molecule has 0 aromatic carbocycles. The van der Waals surface area contributed by atoms with Crippen molar-refractivity contribution < 1.29 is 39.8 Å². The fraction of sp³-hybridized carbons (Fsp3) is 0.833. The van der Waals surface area contributed by atoms with Crippen LogP contribution in [-0.4, -0.2) is 99.1 Å². The summed E-state index contributed by atoms with van der Waals surface area (Å²) in [6.07, 6.45) is -1.52. The van der Waals surface area contributed by atoms with E-state index in [1.165, 1.54) is 0 Å². The minimum absolute atomic E-state index is 0.0441. The molecule has 0 radical (unpaired) electrons. The molecule has 1 aliphatic heterocycles. The van der Waals surface area contributed by atoms with E-state index in [1.807, 2.05) is 0 Å². The van der Waals surface area contributed by atoms with Gasteiger partial charge in [-0.15, -0.1) is 12.3 Å². The second-order valence-corrected chi connectivity index (χ2v) is 7.43. The molecule has 1 heterocycles. The molecule has 0 amide bonds. The largest absolute Gasteiger partial charge is 0.481 e. The summed E-state index contributed by atoms with van der Waals surface area (Å²) in [6.45, 7) is -0.0441. The summed E-state index contributed by atoms with van der Waals surface area (Å²) in [7, 11) is 0. The van der Waals surface area contributed by atoms with Crippen molar-refractivity contribution >= 4 is 5.97 Å². The lowest BCUT2D eigenvalue weighted by Crippen LogP contribution is -2.67. The number of hydrogen-bond donors (Lipinski definition) is 9. The predicted octanol–water partition coefficient (Wildman–Crippen LogP) is -4.24. The van der Waals surface area contributed by atoms with Gasteiger partial charge in [-0.2, -0.15) is 0 Å². The van der Waals surface area contributed by atoms with E-state index in [2.05, 4.69) is 5.92 Å². The number of carbonyl (C=O) groups is 1. The molecule has 174 valence electrons. The molecular formula is C18H34N4O8. The Balaban J connectivity index is 0.000000479. The summed E-state index contributed by atoms with van der Waals surface area (Å²) < 4.78 is 11.0. The summed E-state index contributed by atoms with van der Waals surface area (Å²) in [5.74, 6) is 1.58. The second-order valence-electron chi connectivity index (χ2n) is 7.43. The quantitative estimate of drug-likeness (QED) is 0.143. The smallest absolute Gasteiger partial charge is 0.303 e. The number of unbranched alkanes of at least 4 members (excludes halogenated alkanes) is 1. The highest BCUT2D eigenvalue weighted by atomic mass is 16.7. The molecule has 0 bridgehead atoms. The third-order valence-electron chi connectivity index (χ3n) is 5.08. The van der Waals surface area contributed by atoms with Gasteiger partial charge in [0.05, 0.1) is 12.1 Å². The molecule has 2 fully saturated rings. The molecule has 1 saturated heterocycles. The maximum absolute atomic E-state index is 10.1. The molecular weight excluding hydrogens is 400 g/mol. The van der Waals surface area contributed by atoms with E-state index >= 15 is 0 Å². The van der Waals surface area contributed by atoms with Gasteiger partial charge in [-0.25, -0.2) is 0 Å². The van der Waals surface area contributed by atoms with Crippen LogP contribution in [0, 0.1) is 12.3 Å². The average Bonchev–Trinajstić information content (AvgIpc) is 2.70. The molecule has 0 aromatic rings. The van der Waals surface area contributed by atoms with Crippen LogP contribution in [0.5, 0.6) is 0 Å². The third-order valence-corrected chi connectivity index (χ3v) is 5.08. The molecule has 2 rings (SSSR count). The van der Waals surface area contributed by atoms with Crippen LogP contribution < -0.4 is 22.9 Å². The number of rotatable bonds is 6.